The molecule has 1 aliphatic rings. The Bertz CT molecular complexity index is 984. The molecule has 0 bridgehead atoms. The SMILES string of the molecule is CCOc1ccc(CNc2ncc(-c3ccc4c(c3)OCO4)n2C)cc1OC. The first-order chi connectivity index (χ1) is 13.7. The molecule has 0 fully saturated rings. The molecule has 0 radical (unpaired) electrons. The maximum atomic E-state index is 5.57. The van der Waals surface area contributed by atoms with Gasteiger partial charge in [-0.25, -0.2) is 4.98 Å². The van der Waals surface area contributed by atoms with Gasteiger partial charge in [0.2, 0.25) is 12.7 Å². The van der Waals surface area contributed by atoms with Crippen molar-refractivity contribution < 1.29 is 18.9 Å². The van der Waals surface area contributed by atoms with Crippen molar-refractivity contribution in [3.05, 3.63) is 48.2 Å². The molecule has 7 nitrogen and oxygen atoms in total. The topological polar surface area (TPSA) is 66.8 Å². The zero-order chi connectivity index (χ0) is 19.5. The fourth-order valence-corrected chi connectivity index (χ4v) is 3.18. The van der Waals surface area contributed by atoms with Crippen LogP contribution in [-0.4, -0.2) is 30.1 Å². The molecule has 0 amide bonds. The minimum absolute atomic E-state index is 0.266. The average Bonchev–Trinajstić information content (AvgIpc) is 3.33. The van der Waals surface area contributed by atoms with Crippen LogP contribution in [0.1, 0.15) is 12.5 Å². The molecule has 28 heavy (non-hydrogen) atoms. The number of ether oxygens (including phenoxy) is 4. The lowest BCUT2D eigenvalue weighted by atomic mass is 10.1. The number of hydrogen-bond acceptors (Lipinski definition) is 6. The molecule has 0 spiro atoms. The quantitative estimate of drug-likeness (QED) is 0.671. The van der Waals surface area contributed by atoms with Crippen LogP contribution in [0.3, 0.4) is 0 Å². The summed E-state index contributed by atoms with van der Waals surface area (Å²) >= 11 is 0. The largest absolute Gasteiger partial charge is 0.493 e. The summed E-state index contributed by atoms with van der Waals surface area (Å²) < 4.78 is 23.9. The lowest BCUT2D eigenvalue weighted by Crippen LogP contribution is -2.06. The van der Waals surface area contributed by atoms with Crippen LogP contribution in [0.2, 0.25) is 0 Å². The summed E-state index contributed by atoms with van der Waals surface area (Å²) in [6.45, 7) is 3.44. The molecule has 2 aromatic carbocycles. The number of hydrogen-bond donors (Lipinski definition) is 1. The summed E-state index contributed by atoms with van der Waals surface area (Å²) in [5.41, 5.74) is 3.09. The Morgan fingerprint density at radius 1 is 1.11 bits per heavy atom. The predicted molar refractivity (Wildman–Crippen MR) is 106 cm³/mol. The van der Waals surface area contributed by atoms with Crippen molar-refractivity contribution in [2.45, 2.75) is 13.5 Å². The average molecular weight is 381 g/mol. The third-order valence-corrected chi connectivity index (χ3v) is 4.64. The van der Waals surface area contributed by atoms with E-state index in [1.807, 2.05) is 61.1 Å². The van der Waals surface area contributed by atoms with Gasteiger partial charge in [-0.2, -0.15) is 0 Å². The number of anilines is 1. The van der Waals surface area contributed by atoms with E-state index in [9.17, 15) is 0 Å². The van der Waals surface area contributed by atoms with Crippen LogP contribution in [0, 0.1) is 0 Å². The van der Waals surface area contributed by atoms with Gasteiger partial charge < -0.3 is 28.8 Å². The second-order valence-corrected chi connectivity index (χ2v) is 6.37. The van der Waals surface area contributed by atoms with Gasteiger partial charge in [-0.1, -0.05) is 6.07 Å². The molecule has 146 valence electrons. The van der Waals surface area contributed by atoms with Gasteiger partial charge in [0, 0.05) is 19.2 Å². The summed E-state index contributed by atoms with van der Waals surface area (Å²) in [6.07, 6.45) is 1.85. The third kappa shape index (κ3) is 3.43. The van der Waals surface area contributed by atoms with Crippen molar-refractivity contribution in [3.8, 4) is 34.3 Å². The monoisotopic (exact) mass is 381 g/mol. The number of nitrogens with zero attached hydrogens (tertiary/aromatic N) is 2. The molecule has 3 aromatic rings. The van der Waals surface area contributed by atoms with Crippen LogP contribution in [0.15, 0.2) is 42.6 Å². The van der Waals surface area contributed by atoms with E-state index in [4.69, 9.17) is 18.9 Å². The maximum absolute atomic E-state index is 5.57. The van der Waals surface area contributed by atoms with Crippen molar-refractivity contribution in [2.75, 3.05) is 25.8 Å². The second-order valence-electron chi connectivity index (χ2n) is 6.37. The number of methoxy groups -OCH3 is 1. The van der Waals surface area contributed by atoms with Crippen molar-refractivity contribution in [1.29, 1.82) is 0 Å². The van der Waals surface area contributed by atoms with Gasteiger partial charge in [0.25, 0.3) is 0 Å². The van der Waals surface area contributed by atoms with Gasteiger partial charge in [0.15, 0.2) is 23.0 Å². The number of imidazole rings is 1. The summed E-state index contributed by atoms with van der Waals surface area (Å²) in [6, 6.07) is 11.8. The van der Waals surface area contributed by atoms with Crippen LogP contribution >= 0.6 is 0 Å². The zero-order valence-electron chi connectivity index (χ0n) is 16.2. The molecular formula is C21H23N3O4. The summed E-state index contributed by atoms with van der Waals surface area (Å²) in [5.74, 6) is 3.78. The van der Waals surface area contributed by atoms with Crippen LogP contribution in [-0.2, 0) is 13.6 Å². The molecule has 4 rings (SSSR count). The third-order valence-electron chi connectivity index (χ3n) is 4.64. The highest BCUT2D eigenvalue weighted by Gasteiger charge is 2.16. The van der Waals surface area contributed by atoms with Gasteiger partial charge in [0.05, 0.1) is 25.6 Å². The van der Waals surface area contributed by atoms with Crippen LogP contribution in [0.4, 0.5) is 5.95 Å². The Labute approximate surface area is 163 Å². The molecule has 2 heterocycles. The van der Waals surface area contributed by atoms with E-state index in [0.717, 1.165) is 45.8 Å². The molecule has 0 atom stereocenters. The highest BCUT2D eigenvalue weighted by molar-refractivity contribution is 5.66. The Kier molecular flexibility index (Phi) is 4.97. The lowest BCUT2D eigenvalue weighted by molar-refractivity contribution is 0.174. The first kappa shape index (κ1) is 18.0. The van der Waals surface area contributed by atoms with E-state index in [0.29, 0.717) is 13.2 Å². The Hall–Kier alpha value is -3.35. The van der Waals surface area contributed by atoms with Crippen LogP contribution < -0.4 is 24.3 Å². The van der Waals surface area contributed by atoms with E-state index < -0.39 is 0 Å². The first-order valence-corrected chi connectivity index (χ1v) is 9.15. The molecule has 1 aliphatic heterocycles. The highest BCUT2D eigenvalue weighted by Crippen LogP contribution is 2.36. The molecule has 1 N–H and O–H groups in total. The van der Waals surface area contributed by atoms with Gasteiger partial charge in [-0.3, -0.25) is 0 Å². The number of nitrogens with one attached hydrogen (secondary N) is 1. The minimum Gasteiger partial charge on any atom is -0.493 e. The van der Waals surface area contributed by atoms with E-state index in [2.05, 4.69) is 10.3 Å². The van der Waals surface area contributed by atoms with Gasteiger partial charge in [-0.15, -0.1) is 0 Å². The summed E-state index contributed by atoms with van der Waals surface area (Å²) in [4.78, 5) is 4.51. The standard InChI is InChI=1S/C21H23N3O4/c1-4-26-17-7-5-14(9-19(17)25-3)11-22-21-23-12-16(24(21)2)15-6-8-18-20(10-15)28-13-27-18/h5-10,12H,4,11,13H2,1-3H3,(H,22,23). The molecule has 0 aliphatic carbocycles. The molecule has 0 saturated heterocycles. The Balaban J connectivity index is 1.49. The second kappa shape index (κ2) is 7.72. The first-order valence-electron chi connectivity index (χ1n) is 9.15. The molecule has 0 unspecified atom stereocenters. The van der Waals surface area contributed by atoms with E-state index in [1.165, 1.54) is 0 Å². The van der Waals surface area contributed by atoms with E-state index >= 15 is 0 Å². The van der Waals surface area contributed by atoms with Gasteiger partial charge >= 0.3 is 0 Å². The molecule has 1 aromatic heterocycles. The normalized spacial score (nSPS) is 12.1. The minimum atomic E-state index is 0.266. The summed E-state index contributed by atoms with van der Waals surface area (Å²) in [7, 11) is 3.62. The number of rotatable bonds is 7. The van der Waals surface area contributed by atoms with Gasteiger partial charge in [-0.05, 0) is 42.8 Å². The number of fused-ring (bicyclic) bond motifs is 1. The fraction of sp³-hybridized carbons (Fsp3) is 0.286. The van der Waals surface area contributed by atoms with Crippen LogP contribution in [0.5, 0.6) is 23.0 Å². The van der Waals surface area contributed by atoms with E-state index in [1.54, 1.807) is 7.11 Å². The van der Waals surface area contributed by atoms with E-state index in [-0.39, 0.29) is 6.79 Å². The number of benzene rings is 2. The lowest BCUT2D eigenvalue weighted by Gasteiger charge is -2.12. The molecular weight excluding hydrogens is 358 g/mol. The van der Waals surface area contributed by atoms with Crippen LogP contribution in [0.25, 0.3) is 11.3 Å². The molecule has 7 heteroatoms. The highest BCUT2D eigenvalue weighted by atomic mass is 16.7. The number of aromatic nitrogens is 2. The summed E-state index contributed by atoms with van der Waals surface area (Å²) in [5, 5.41) is 3.37. The zero-order valence-corrected chi connectivity index (χ0v) is 16.2. The Morgan fingerprint density at radius 3 is 2.79 bits per heavy atom. The van der Waals surface area contributed by atoms with Crippen molar-refractivity contribution in [3.63, 3.8) is 0 Å². The van der Waals surface area contributed by atoms with Gasteiger partial charge in [0.1, 0.15) is 0 Å². The smallest absolute Gasteiger partial charge is 0.231 e. The van der Waals surface area contributed by atoms with Crippen molar-refractivity contribution in [1.82, 2.24) is 9.55 Å². The Morgan fingerprint density at radius 2 is 1.96 bits per heavy atom. The predicted octanol–water partition coefficient (Wildman–Crippen LogP) is 3.84. The van der Waals surface area contributed by atoms with Crippen molar-refractivity contribution >= 4 is 5.95 Å². The molecule has 0 saturated carbocycles. The van der Waals surface area contributed by atoms with Crippen molar-refractivity contribution in [2.24, 2.45) is 7.05 Å². The maximum Gasteiger partial charge on any atom is 0.231 e. The fourth-order valence-electron chi connectivity index (χ4n) is 3.18.